The van der Waals surface area contributed by atoms with Gasteiger partial charge in [0.15, 0.2) is 5.79 Å². The quantitative estimate of drug-likeness (QED) is 0.647. The third-order valence-electron chi connectivity index (χ3n) is 2.14. The molecule has 1 fully saturated rings. The molecule has 0 aromatic carbocycles. The van der Waals surface area contributed by atoms with Gasteiger partial charge < -0.3 is 14.2 Å². The largest absolute Gasteiger partial charge is 0.379 e. The lowest BCUT2D eigenvalue weighted by Gasteiger charge is -2.20. The molecule has 0 saturated carbocycles. The van der Waals surface area contributed by atoms with Crippen LogP contribution < -0.4 is 0 Å². The van der Waals surface area contributed by atoms with Crippen molar-refractivity contribution in [3.8, 4) is 0 Å². The zero-order chi connectivity index (χ0) is 9.03. The molecular weight excluding hydrogens is 156 g/mol. The van der Waals surface area contributed by atoms with Crippen LogP contribution in [0, 0.1) is 0 Å². The van der Waals surface area contributed by atoms with Crippen molar-refractivity contribution in [1.29, 1.82) is 0 Å². The van der Waals surface area contributed by atoms with Gasteiger partial charge in [-0.15, -0.1) is 0 Å². The second-order valence-electron chi connectivity index (χ2n) is 3.20. The zero-order valence-electron chi connectivity index (χ0n) is 8.13. The van der Waals surface area contributed by atoms with Crippen LogP contribution in [-0.2, 0) is 14.2 Å². The molecule has 0 aliphatic carbocycles. The lowest BCUT2D eigenvalue weighted by atomic mass is 10.2. The van der Waals surface area contributed by atoms with Crippen LogP contribution in [0.3, 0.4) is 0 Å². The highest BCUT2D eigenvalue weighted by atomic mass is 16.7. The summed E-state index contributed by atoms with van der Waals surface area (Å²) in [5.41, 5.74) is 0. The van der Waals surface area contributed by atoms with Crippen molar-refractivity contribution in [2.45, 2.75) is 39.1 Å². The highest BCUT2D eigenvalue weighted by molar-refractivity contribution is 4.73. The van der Waals surface area contributed by atoms with Crippen molar-refractivity contribution in [3.63, 3.8) is 0 Å². The maximum atomic E-state index is 5.65. The molecule has 72 valence electrons. The maximum Gasteiger partial charge on any atom is 0.165 e. The molecule has 0 aromatic heterocycles. The van der Waals surface area contributed by atoms with Gasteiger partial charge in [0.05, 0.1) is 13.2 Å². The van der Waals surface area contributed by atoms with Crippen LogP contribution in [0.2, 0.25) is 0 Å². The number of hydrogen-bond acceptors (Lipinski definition) is 3. The number of rotatable bonds is 4. The lowest BCUT2D eigenvalue weighted by molar-refractivity contribution is -0.160. The molecular formula is C9H18O3. The van der Waals surface area contributed by atoms with Crippen LogP contribution in [0.1, 0.15) is 27.2 Å². The molecule has 0 N–H and O–H groups in total. The van der Waals surface area contributed by atoms with E-state index in [0.717, 1.165) is 13.0 Å². The van der Waals surface area contributed by atoms with E-state index in [-0.39, 0.29) is 11.9 Å². The average molecular weight is 174 g/mol. The third-order valence-corrected chi connectivity index (χ3v) is 2.14. The van der Waals surface area contributed by atoms with Crippen molar-refractivity contribution in [3.05, 3.63) is 0 Å². The Balaban J connectivity index is 2.25. The molecule has 0 radical (unpaired) electrons. The fraction of sp³-hybridized carbons (Fsp3) is 1.00. The molecule has 0 bridgehead atoms. The standard InChI is InChI=1S/C9H18O3/c1-4-9(3)11-7-8(12-9)6-10-5-2/h8H,4-7H2,1-3H3. The predicted molar refractivity (Wildman–Crippen MR) is 46.0 cm³/mol. The molecule has 0 aromatic rings. The Kier molecular flexibility index (Phi) is 3.50. The van der Waals surface area contributed by atoms with Gasteiger partial charge in [-0.1, -0.05) is 6.92 Å². The average Bonchev–Trinajstić information content (AvgIpc) is 2.45. The lowest BCUT2D eigenvalue weighted by Crippen LogP contribution is -2.26. The van der Waals surface area contributed by atoms with Crippen LogP contribution in [-0.4, -0.2) is 31.7 Å². The minimum absolute atomic E-state index is 0.120. The summed E-state index contributed by atoms with van der Waals surface area (Å²) in [5.74, 6) is -0.373. The van der Waals surface area contributed by atoms with E-state index in [9.17, 15) is 0 Å². The van der Waals surface area contributed by atoms with E-state index >= 15 is 0 Å². The molecule has 1 aliphatic rings. The molecule has 3 nitrogen and oxygen atoms in total. The Labute approximate surface area is 74.0 Å². The molecule has 1 heterocycles. The summed E-state index contributed by atoms with van der Waals surface area (Å²) in [4.78, 5) is 0. The van der Waals surface area contributed by atoms with Crippen LogP contribution in [0.25, 0.3) is 0 Å². The van der Waals surface area contributed by atoms with E-state index in [0.29, 0.717) is 13.2 Å². The Bertz CT molecular complexity index is 136. The second-order valence-corrected chi connectivity index (χ2v) is 3.20. The Morgan fingerprint density at radius 2 is 2.25 bits per heavy atom. The van der Waals surface area contributed by atoms with Crippen molar-refractivity contribution in [1.82, 2.24) is 0 Å². The first-order chi connectivity index (χ1) is 5.70. The van der Waals surface area contributed by atoms with Crippen molar-refractivity contribution < 1.29 is 14.2 Å². The van der Waals surface area contributed by atoms with E-state index in [2.05, 4.69) is 6.92 Å². The SMILES string of the molecule is CCOCC1COC(C)(CC)O1. The molecule has 2 unspecified atom stereocenters. The fourth-order valence-corrected chi connectivity index (χ4v) is 1.21. The van der Waals surface area contributed by atoms with Gasteiger partial charge in [-0.25, -0.2) is 0 Å². The Morgan fingerprint density at radius 3 is 2.75 bits per heavy atom. The number of ether oxygens (including phenoxy) is 3. The van der Waals surface area contributed by atoms with Crippen molar-refractivity contribution >= 4 is 0 Å². The minimum Gasteiger partial charge on any atom is -0.379 e. The topological polar surface area (TPSA) is 27.7 Å². The third kappa shape index (κ3) is 2.44. The first kappa shape index (κ1) is 9.96. The van der Waals surface area contributed by atoms with Crippen LogP contribution >= 0.6 is 0 Å². The fourth-order valence-electron chi connectivity index (χ4n) is 1.21. The monoisotopic (exact) mass is 174 g/mol. The summed E-state index contributed by atoms with van der Waals surface area (Å²) in [7, 11) is 0. The minimum atomic E-state index is -0.373. The molecule has 12 heavy (non-hydrogen) atoms. The van der Waals surface area contributed by atoms with Gasteiger partial charge in [0.2, 0.25) is 0 Å². The molecule has 3 heteroatoms. The molecule has 2 atom stereocenters. The van der Waals surface area contributed by atoms with Crippen LogP contribution in [0.15, 0.2) is 0 Å². The normalized spacial score (nSPS) is 35.8. The van der Waals surface area contributed by atoms with E-state index in [1.54, 1.807) is 0 Å². The van der Waals surface area contributed by atoms with Gasteiger partial charge in [-0.2, -0.15) is 0 Å². The summed E-state index contributed by atoms with van der Waals surface area (Å²) in [5, 5.41) is 0. The zero-order valence-corrected chi connectivity index (χ0v) is 8.13. The van der Waals surface area contributed by atoms with E-state index < -0.39 is 0 Å². The predicted octanol–water partition coefficient (Wildman–Crippen LogP) is 1.56. The summed E-state index contributed by atoms with van der Waals surface area (Å²) in [6, 6.07) is 0. The Morgan fingerprint density at radius 1 is 1.50 bits per heavy atom. The van der Waals surface area contributed by atoms with Gasteiger partial charge in [0, 0.05) is 6.61 Å². The molecule has 1 aliphatic heterocycles. The summed E-state index contributed by atoms with van der Waals surface area (Å²) in [6.45, 7) is 8.05. The van der Waals surface area contributed by atoms with Gasteiger partial charge in [-0.05, 0) is 20.3 Å². The second kappa shape index (κ2) is 4.21. The van der Waals surface area contributed by atoms with Gasteiger partial charge in [0.25, 0.3) is 0 Å². The summed E-state index contributed by atoms with van der Waals surface area (Å²) < 4.78 is 16.4. The van der Waals surface area contributed by atoms with Gasteiger partial charge in [0.1, 0.15) is 6.10 Å². The highest BCUT2D eigenvalue weighted by Gasteiger charge is 2.35. The highest BCUT2D eigenvalue weighted by Crippen LogP contribution is 2.26. The molecule has 0 amide bonds. The van der Waals surface area contributed by atoms with E-state index in [4.69, 9.17) is 14.2 Å². The smallest absolute Gasteiger partial charge is 0.165 e. The number of hydrogen-bond donors (Lipinski definition) is 0. The first-order valence-corrected chi connectivity index (χ1v) is 4.59. The maximum absolute atomic E-state index is 5.65. The van der Waals surface area contributed by atoms with Crippen molar-refractivity contribution in [2.75, 3.05) is 19.8 Å². The van der Waals surface area contributed by atoms with Crippen LogP contribution in [0.5, 0.6) is 0 Å². The van der Waals surface area contributed by atoms with Crippen LogP contribution in [0.4, 0.5) is 0 Å². The van der Waals surface area contributed by atoms with E-state index in [1.165, 1.54) is 0 Å². The summed E-state index contributed by atoms with van der Waals surface area (Å²) in [6.07, 6.45) is 1.00. The first-order valence-electron chi connectivity index (χ1n) is 4.59. The van der Waals surface area contributed by atoms with E-state index in [1.807, 2.05) is 13.8 Å². The van der Waals surface area contributed by atoms with Gasteiger partial charge >= 0.3 is 0 Å². The molecule has 1 saturated heterocycles. The molecule has 0 spiro atoms. The summed E-state index contributed by atoms with van der Waals surface area (Å²) >= 11 is 0. The van der Waals surface area contributed by atoms with Gasteiger partial charge in [-0.3, -0.25) is 0 Å². The Hall–Kier alpha value is -0.120. The van der Waals surface area contributed by atoms with Crippen molar-refractivity contribution in [2.24, 2.45) is 0 Å². The molecule has 1 rings (SSSR count).